The highest BCUT2D eigenvalue weighted by atomic mass is 19.4. The molecule has 0 amide bonds. The van der Waals surface area contributed by atoms with Gasteiger partial charge in [-0.3, -0.25) is 0 Å². The standard InChI is InChI=1S/C30H23F3/c1-22-11-15-25(16-12-22)26-17-19-27(20-18-26)29(2,30(31,32)33)28-10-6-9-24(21-28)14-13-23-7-4-3-5-8-23/h3-12,15-21H,1-2H3. The van der Waals surface area contributed by atoms with Gasteiger partial charge in [0.15, 0.2) is 0 Å². The Morgan fingerprint density at radius 3 is 1.73 bits per heavy atom. The zero-order valence-corrected chi connectivity index (χ0v) is 18.4. The minimum atomic E-state index is -4.48. The number of aryl methyl sites for hydroxylation is 1. The third-order valence-corrected chi connectivity index (χ3v) is 5.98. The molecule has 33 heavy (non-hydrogen) atoms. The van der Waals surface area contributed by atoms with E-state index in [4.69, 9.17) is 0 Å². The largest absolute Gasteiger partial charge is 0.402 e. The van der Waals surface area contributed by atoms with Crippen LogP contribution < -0.4 is 0 Å². The van der Waals surface area contributed by atoms with Crippen LogP contribution in [0.4, 0.5) is 13.2 Å². The zero-order valence-electron chi connectivity index (χ0n) is 18.4. The molecule has 164 valence electrons. The van der Waals surface area contributed by atoms with Crippen LogP contribution in [0.1, 0.15) is 34.7 Å². The lowest BCUT2D eigenvalue weighted by Crippen LogP contribution is -2.40. The Balaban J connectivity index is 1.73. The van der Waals surface area contributed by atoms with E-state index in [-0.39, 0.29) is 11.1 Å². The van der Waals surface area contributed by atoms with Crippen LogP contribution in [-0.4, -0.2) is 6.18 Å². The van der Waals surface area contributed by atoms with Gasteiger partial charge in [0.1, 0.15) is 5.41 Å². The van der Waals surface area contributed by atoms with Gasteiger partial charge in [0.2, 0.25) is 0 Å². The van der Waals surface area contributed by atoms with Crippen molar-refractivity contribution in [1.82, 2.24) is 0 Å². The van der Waals surface area contributed by atoms with Gasteiger partial charge < -0.3 is 0 Å². The molecule has 0 nitrogen and oxygen atoms in total. The molecule has 0 bridgehead atoms. The van der Waals surface area contributed by atoms with Crippen molar-refractivity contribution >= 4 is 0 Å². The van der Waals surface area contributed by atoms with Gasteiger partial charge in [0, 0.05) is 11.1 Å². The Morgan fingerprint density at radius 1 is 0.576 bits per heavy atom. The number of benzene rings is 4. The lowest BCUT2D eigenvalue weighted by Gasteiger charge is -2.33. The number of hydrogen-bond acceptors (Lipinski definition) is 0. The summed E-state index contributed by atoms with van der Waals surface area (Å²) in [5.41, 5.74) is 2.54. The first-order valence-electron chi connectivity index (χ1n) is 10.7. The van der Waals surface area contributed by atoms with Crippen molar-refractivity contribution < 1.29 is 13.2 Å². The number of hydrogen-bond donors (Lipinski definition) is 0. The lowest BCUT2D eigenvalue weighted by molar-refractivity contribution is -0.173. The quantitative estimate of drug-likeness (QED) is 0.284. The molecule has 3 heteroatoms. The van der Waals surface area contributed by atoms with E-state index < -0.39 is 11.6 Å². The molecule has 0 heterocycles. The van der Waals surface area contributed by atoms with Crippen LogP contribution in [0, 0.1) is 18.8 Å². The number of alkyl halides is 3. The second-order valence-corrected chi connectivity index (χ2v) is 8.26. The molecule has 0 saturated carbocycles. The Kier molecular flexibility index (Phi) is 6.11. The van der Waals surface area contributed by atoms with E-state index >= 15 is 0 Å². The van der Waals surface area contributed by atoms with Crippen molar-refractivity contribution in [2.75, 3.05) is 0 Å². The van der Waals surface area contributed by atoms with Gasteiger partial charge in [-0.1, -0.05) is 96.3 Å². The first-order valence-corrected chi connectivity index (χ1v) is 10.7. The molecule has 0 N–H and O–H groups in total. The third kappa shape index (κ3) is 4.71. The van der Waals surface area contributed by atoms with Crippen LogP contribution in [0.25, 0.3) is 11.1 Å². The molecule has 1 unspecified atom stereocenters. The highest BCUT2D eigenvalue weighted by molar-refractivity contribution is 5.64. The number of halogens is 3. The van der Waals surface area contributed by atoms with Crippen LogP contribution in [-0.2, 0) is 5.41 Å². The van der Waals surface area contributed by atoms with Crippen LogP contribution in [0.2, 0.25) is 0 Å². The summed E-state index contributed by atoms with van der Waals surface area (Å²) in [7, 11) is 0. The zero-order chi connectivity index (χ0) is 23.5. The molecule has 0 fully saturated rings. The molecular formula is C30H23F3. The summed E-state index contributed by atoms with van der Waals surface area (Å²) in [6, 6.07) is 30.4. The van der Waals surface area contributed by atoms with Gasteiger partial charge in [-0.25, -0.2) is 0 Å². The molecule has 4 aromatic carbocycles. The summed E-state index contributed by atoms with van der Waals surface area (Å²) in [6.07, 6.45) is -4.48. The van der Waals surface area contributed by atoms with Crippen molar-refractivity contribution in [3.63, 3.8) is 0 Å². The molecule has 0 aliphatic rings. The molecule has 4 aromatic rings. The molecule has 4 rings (SSSR count). The maximum atomic E-state index is 14.5. The monoisotopic (exact) mass is 440 g/mol. The third-order valence-electron chi connectivity index (χ3n) is 5.98. The molecular weight excluding hydrogens is 417 g/mol. The van der Waals surface area contributed by atoms with Crippen LogP contribution >= 0.6 is 0 Å². The summed E-state index contributed by atoms with van der Waals surface area (Å²) in [5.74, 6) is 6.01. The van der Waals surface area contributed by atoms with E-state index in [2.05, 4.69) is 11.8 Å². The fourth-order valence-corrected chi connectivity index (χ4v) is 3.81. The Hall–Kier alpha value is -3.77. The number of rotatable bonds is 3. The van der Waals surface area contributed by atoms with Gasteiger partial charge in [0.25, 0.3) is 0 Å². The minimum Gasteiger partial charge on any atom is -0.170 e. The molecule has 0 aromatic heterocycles. The molecule has 0 saturated heterocycles. The minimum absolute atomic E-state index is 0.165. The smallest absolute Gasteiger partial charge is 0.170 e. The molecule has 0 aliphatic carbocycles. The van der Waals surface area contributed by atoms with Crippen LogP contribution in [0.15, 0.2) is 103 Å². The summed E-state index contributed by atoms with van der Waals surface area (Å²) >= 11 is 0. The maximum Gasteiger partial charge on any atom is 0.402 e. The van der Waals surface area contributed by atoms with Gasteiger partial charge in [-0.2, -0.15) is 13.2 Å². The molecule has 0 aliphatic heterocycles. The van der Waals surface area contributed by atoms with Crippen molar-refractivity contribution in [2.45, 2.75) is 25.4 Å². The van der Waals surface area contributed by atoms with Crippen molar-refractivity contribution in [1.29, 1.82) is 0 Å². The predicted molar refractivity (Wildman–Crippen MR) is 128 cm³/mol. The molecule has 0 radical (unpaired) electrons. The Morgan fingerprint density at radius 2 is 1.12 bits per heavy atom. The van der Waals surface area contributed by atoms with Gasteiger partial charge >= 0.3 is 6.18 Å². The van der Waals surface area contributed by atoms with Crippen molar-refractivity contribution in [2.24, 2.45) is 0 Å². The van der Waals surface area contributed by atoms with Crippen molar-refractivity contribution in [3.05, 3.63) is 131 Å². The highest BCUT2D eigenvalue weighted by Gasteiger charge is 2.53. The average Bonchev–Trinajstić information content (AvgIpc) is 2.83. The van der Waals surface area contributed by atoms with Crippen LogP contribution in [0.3, 0.4) is 0 Å². The lowest BCUT2D eigenvalue weighted by atomic mass is 9.75. The molecule has 0 spiro atoms. The summed E-state index contributed by atoms with van der Waals surface area (Å²) in [4.78, 5) is 0. The first-order chi connectivity index (χ1) is 15.8. The molecule has 1 atom stereocenters. The van der Waals surface area contributed by atoms with Crippen LogP contribution in [0.5, 0.6) is 0 Å². The maximum absolute atomic E-state index is 14.5. The van der Waals surface area contributed by atoms with E-state index in [9.17, 15) is 13.2 Å². The summed E-state index contributed by atoms with van der Waals surface area (Å²) in [6.45, 7) is 3.23. The normalized spacial score (nSPS) is 13.0. The first kappa shape index (κ1) is 22.4. The fraction of sp³-hybridized carbons (Fsp3) is 0.133. The SMILES string of the molecule is Cc1ccc(-c2ccc(C(C)(c3cccc(C#Cc4ccccc4)c3)C(F)(F)F)cc2)cc1. The van der Waals surface area contributed by atoms with Gasteiger partial charge in [0.05, 0.1) is 0 Å². The van der Waals surface area contributed by atoms with Gasteiger partial charge in [-0.05, 0) is 60.4 Å². The van der Waals surface area contributed by atoms with E-state index in [0.717, 1.165) is 22.3 Å². The van der Waals surface area contributed by atoms with Gasteiger partial charge in [-0.15, -0.1) is 0 Å². The summed E-state index contributed by atoms with van der Waals surface area (Å²) in [5, 5.41) is 0. The Bertz CT molecular complexity index is 1290. The topological polar surface area (TPSA) is 0 Å². The van der Waals surface area contributed by atoms with E-state index in [0.29, 0.717) is 5.56 Å². The fourth-order valence-electron chi connectivity index (χ4n) is 3.81. The predicted octanol–water partition coefficient (Wildman–Crippen LogP) is 7.93. The average molecular weight is 441 g/mol. The Labute approximate surface area is 192 Å². The van der Waals surface area contributed by atoms with Crippen molar-refractivity contribution in [3.8, 4) is 23.0 Å². The summed E-state index contributed by atoms with van der Waals surface area (Å²) < 4.78 is 43.5. The highest BCUT2D eigenvalue weighted by Crippen LogP contribution is 2.46. The van der Waals surface area contributed by atoms with E-state index in [1.807, 2.05) is 61.5 Å². The van der Waals surface area contributed by atoms with E-state index in [1.165, 1.54) is 19.1 Å². The van der Waals surface area contributed by atoms with E-state index in [1.54, 1.807) is 36.4 Å². The second-order valence-electron chi connectivity index (χ2n) is 8.26. The second kappa shape index (κ2) is 9.00.